The average molecular weight is 350 g/mol. The Morgan fingerprint density at radius 2 is 1.84 bits per heavy atom. The molecule has 0 unspecified atom stereocenters. The largest absolute Gasteiger partial charge is 0.274 e. The van der Waals surface area contributed by atoms with Crippen molar-refractivity contribution in [2.75, 3.05) is 4.90 Å². The minimum atomic E-state index is 0.167. The molecular weight excluding hydrogens is 328 g/mol. The molecule has 1 aromatic heterocycles. The van der Waals surface area contributed by atoms with Crippen LogP contribution in [0.1, 0.15) is 37.7 Å². The Hall–Kier alpha value is -2.20. The fourth-order valence-electron chi connectivity index (χ4n) is 3.67. The van der Waals surface area contributed by atoms with Gasteiger partial charge in [-0.25, -0.2) is 4.98 Å². The van der Waals surface area contributed by atoms with Crippen LogP contribution in [0.2, 0.25) is 0 Å². The first kappa shape index (κ1) is 16.3. The predicted molar refractivity (Wildman–Crippen MR) is 105 cm³/mol. The minimum absolute atomic E-state index is 0.167. The van der Waals surface area contributed by atoms with Gasteiger partial charge in [0, 0.05) is 6.42 Å². The van der Waals surface area contributed by atoms with Crippen LogP contribution >= 0.6 is 11.3 Å². The molecule has 128 valence electrons. The predicted octanol–water partition coefficient (Wildman–Crippen LogP) is 5.85. The number of thiazole rings is 1. The monoisotopic (exact) mass is 350 g/mol. The summed E-state index contributed by atoms with van der Waals surface area (Å²) in [5.41, 5.74) is 3.00. The summed E-state index contributed by atoms with van der Waals surface area (Å²) in [6.07, 6.45) is 5.47. The summed E-state index contributed by atoms with van der Waals surface area (Å²) in [6, 6.07) is 16.2. The van der Waals surface area contributed by atoms with Crippen LogP contribution in [0.4, 0.5) is 10.8 Å². The number of carbonyl (C=O) groups is 1. The molecule has 25 heavy (non-hydrogen) atoms. The van der Waals surface area contributed by atoms with Crippen LogP contribution in [-0.2, 0) is 4.79 Å². The molecule has 1 fully saturated rings. The lowest BCUT2D eigenvalue weighted by atomic mass is 10.0. The maximum atomic E-state index is 13.2. The van der Waals surface area contributed by atoms with Crippen molar-refractivity contribution in [1.82, 2.24) is 4.98 Å². The van der Waals surface area contributed by atoms with Gasteiger partial charge >= 0.3 is 0 Å². The van der Waals surface area contributed by atoms with Crippen molar-refractivity contribution in [2.24, 2.45) is 5.92 Å². The number of aryl methyl sites for hydroxylation is 1. The maximum absolute atomic E-state index is 13.2. The SMILES string of the molecule is Cc1ccccc1N(C(=O)CC1CCCC1)c1nc2ccccc2s1. The molecule has 4 heteroatoms. The molecule has 0 N–H and O–H groups in total. The van der Waals surface area contributed by atoms with E-state index < -0.39 is 0 Å². The Labute approximate surface area is 152 Å². The Morgan fingerprint density at radius 3 is 2.60 bits per heavy atom. The van der Waals surface area contributed by atoms with Crippen LogP contribution in [0.25, 0.3) is 10.2 Å². The number of hydrogen-bond acceptors (Lipinski definition) is 3. The molecule has 0 aliphatic heterocycles. The second-order valence-electron chi connectivity index (χ2n) is 6.83. The zero-order valence-electron chi connectivity index (χ0n) is 14.4. The van der Waals surface area contributed by atoms with E-state index in [1.807, 2.05) is 41.3 Å². The van der Waals surface area contributed by atoms with Crippen molar-refractivity contribution in [3.8, 4) is 0 Å². The van der Waals surface area contributed by atoms with Crippen LogP contribution in [0, 0.1) is 12.8 Å². The maximum Gasteiger partial charge on any atom is 0.233 e. The van der Waals surface area contributed by atoms with Gasteiger partial charge in [-0.15, -0.1) is 0 Å². The molecular formula is C21H22N2OS. The van der Waals surface area contributed by atoms with E-state index in [4.69, 9.17) is 4.98 Å². The van der Waals surface area contributed by atoms with Gasteiger partial charge in [-0.2, -0.15) is 0 Å². The molecule has 1 aliphatic rings. The van der Waals surface area contributed by atoms with Gasteiger partial charge in [0.2, 0.25) is 5.91 Å². The van der Waals surface area contributed by atoms with E-state index in [-0.39, 0.29) is 5.91 Å². The first-order chi connectivity index (χ1) is 12.2. The number of fused-ring (bicyclic) bond motifs is 1. The third-order valence-corrected chi connectivity index (χ3v) is 6.04. The molecule has 1 saturated carbocycles. The van der Waals surface area contributed by atoms with Crippen molar-refractivity contribution < 1.29 is 4.79 Å². The highest BCUT2D eigenvalue weighted by atomic mass is 32.1. The van der Waals surface area contributed by atoms with E-state index in [0.29, 0.717) is 12.3 Å². The summed E-state index contributed by atoms with van der Waals surface area (Å²) in [5, 5.41) is 0.776. The summed E-state index contributed by atoms with van der Waals surface area (Å²) in [4.78, 5) is 19.8. The Bertz CT molecular complexity index is 863. The molecule has 3 aromatic rings. The zero-order valence-corrected chi connectivity index (χ0v) is 15.3. The third-order valence-electron chi connectivity index (χ3n) is 5.02. The lowest BCUT2D eigenvalue weighted by molar-refractivity contribution is -0.118. The highest BCUT2D eigenvalue weighted by Gasteiger charge is 2.27. The van der Waals surface area contributed by atoms with E-state index in [2.05, 4.69) is 19.1 Å². The van der Waals surface area contributed by atoms with Gasteiger partial charge in [0.05, 0.1) is 15.9 Å². The molecule has 1 heterocycles. The number of aromatic nitrogens is 1. The quantitative estimate of drug-likeness (QED) is 0.591. The van der Waals surface area contributed by atoms with Crippen LogP contribution < -0.4 is 4.90 Å². The molecule has 1 aliphatic carbocycles. The summed E-state index contributed by atoms with van der Waals surface area (Å²) >= 11 is 1.59. The topological polar surface area (TPSA) is 33.2 Å². The van der Waals surface area contributed by atoms with Crippen molar-refractivity contribution >= 4 is 38.3 Å². The highest BCUT2D eigenvalue weighted by molar-refractivity contribution is 7.22. The number of benzene rings is 2. The van der Waals surface area contributed by atoms with E-state index in [1.165, 1.54) is 25.7 Å². The van der Waals surface area contributed by atoms with Crippen molar-refractivity contribution in [3.63, 3.8) is 0 Å². The van der Waals surface area contributed by atoms with Gasteiger partial charge in [-0.3, -0.25) is 9.69 Å². The van der Waals surface area contributed by atoms with E-state index >= 15 is 0 Å². The summed E-state index contributed by atoms with van der Waals surface area (Å²) in [5.74, 6) is 0.689. The molecule has 0 saturated heterocycles. The van der Waals surface area contributed by atoms with Crippen LogP contribution in [0.5, 0.6) is 0 Å². The molecule has 3 nitrogen and oxygen atoms in total. The normalized spacial score (nSPS) is 14.9. The number of hydrogen-bond donors (Lipinski definition) is 0. The van der Waals surface area contributed by atoms with Crippen LogP contribution in [-0.4, -0.2) is 10.9 Å². The van der Waals surface area contributed by atoms with Crippen molar-refractivity contribution in [1.29, 1.82) is 0 Å². The fourth-order valence-corrected chi connectivity index (χ4v) is 4.66. The summed E-state index contributed by atoms with van der Waals surface area (Å²) in [6.45, 7) is 2.05. The van der Waals surface area contributed by atoms with E-state index in [9.17, 15) is 4.79 Å². The second-order valence-corrected chi connectivity index (χ2v) is 7.84. The number of nitrogens with zero attached hydrogens (tertiary/aromatic N) is 2. The first-order valence-electron chi connectivity index (χ1n) is 8.96. The number of rotatable bonds is 4. The smallest absolute Gasteiger partial charge is 0.233 e. The van der Waals surface area contributed by atoms with Gasteiger partial charge in [0.15, 0.2) is 5.13 Å². The van der Waals surface area contributed by atoms with E-state index in [1.54, 1.807) is 11.3 Å². The molecule has 1 amide bonds. The first-order valence-corrected chi connectivity index (χ1v) is 9.78. The number of amides is 1. The lowest BCUT2D eigenvalue weighted by Gasteiger charge is -2.23. The molecule has 0 atom stereocenters. The number of para-hydroxylation sites is 2. The average Bonchev–Trinajstić information content (AvgIpc) is 3.26. The van der Waals surface area contributed by atoms with E-state index in [0.717, 1.165) is 26.6 Å². The van der Waals surface area contributed by atoms with Gasteiger partial charge in [0.25, 0.3) is 0 Å². The summed E-state index contributed by atoms with van der Waals surface area (Å²) < 4.78 is 1.12. The van der Waals surface area contributed by atoms with Crippen molar-refractivity contribution in [3.05, 3.63) is 54.1 Å². The molecule has 0 spiro atoms. The zero-order chi connectivity index (χ0) is 17.2. The Kier molecular flexibility index (Phi) is 4.53. The molecule has 4 rings (SSSR count). The highest BCUT2D eigenvalue weighted by Crippen LogP contribution is 2.37. The second kappa shape index (κ2) is 6.96. The minimum Gasteiger partial charge on any atom is -0.274 e. The Balaban J connectivity index is 1.74. The third kappa shape index (κ3) is 3.31. The number of carbonyl (C=O) groups excluding carboxylic acids is 1. The lowest BCUT2D eigenvalue weighted by Crippen LogP contribution is -2.28. The van der Waals surface area contributed by atoms with Gasteiger partial charge in [-0.05, 0) is 49.4 Å². The van der Waals surface area contributed by atoms with Gasteiger partial charge in [-0.1, -0.05) is 54.5 Å². The fraction of sp³-hybridized carbons (Fsp3) is 0.333. The number of anilines is 2. The van der Waals surface area contributed by atoms with Crippen molar-refractivity contribution in [2.45, 2.75) is 39.0 Å². The van der Waals surface area contributed by atoms with Crippen LogP contribution in [0.3, 0.4) is 0 Å². The molecule has 0 radical (unpaired) electrons. The molecule has 2 aromatic carbocycles. The van der Waals surface area contributed by atoms with Gasteiger partial charge in [0.1, 0.15) is 0 Å². The standard InChI is InChI=1S/C21H22N2OS/c1-15-8-2-6-12-18(15)23(20(24)14-16-9-3-4-10-16)21-22-17-11-5-7-13-19(17)25-21/h2,5-8,11-13,16H,3-4,9-10,14H2,1H3. The molecule has 0 bridgehead atoms. The van der Waals surface area contributed by atoms with Gasteiger partial charge < -0.3 is 0 Å². The summed E-state index contributed by atoms with van der Waals surface area (Å²) in [7, 11) is 0. The van der Waals surface area contributed by atoms with Crippen LogP contribution in [0.15, 0.2) is 48.5 Å². The Morgan fingerprint density at radius 1 is 1.12 bits per heavy atom.